The first-order valence-corrected chi connectivity index (χ1v) is 8.76. The van der Waals surface area contributed by atoms with Crippen LogP contribution in [0.1, 0.15) is 12.0 Å². The number of rotatable bonds is 7. The summed E-state index contributed by atoms with van der Waals surface area (Å²) < 4.78 is 11.8. The highest BCUT2D eigenvalue weighted by Crippen LogP contribution is 2.13. The van der Waals surface area contributed by atoms with E-state index in [-0.39, 0.29) is 24.5 Å². The maximum Gasteiger partial charge on any atom is 0.307 e. The van der Waals surface area contributed by atoms with E-state index in [0.29, 0.717) is 23.2 Å². The molecule has 2 heterocycles. The van der Waals surface area contributed by atoms with Gasteiger partial charge in [-0.1, -0.05) is 12.1 Å². The van der Waals surface area contributed by atoms with Gasteiger partial charge in [0.05, 0.1) is 31.9 Å². The number of carbonyl (C=O) groups excluding carboxylic acids is 1. The zero-order valence-corrected chi connectivity index (χ0v) is 14.6. The zero-order valence-electron chi connectivity index (χ0n) is 13.8. The number of fused-ring (bicyclic) bond motifs is 1. The summed E-state index contributed by atoms with van der Waals surface area (Å²) in [5.74, 6) is 0.466. The van der Waals surface area contributed by atoms with Gasteiger partial charge in [-0.25, -0.2) is 4.98 Å². The summed E-state index contributed by atoms with van der Waals surface area (Å²) in [5.41, 5.74) is 0.939. The molecule has 130 valence electrons. The van der Waals surface area contributed by atoms with Gasteiger partial charge < -0.3 is 9.47 Å². The zero-order chi connectivity index (χ0) is 17.6. The molecule has 0 bridgehead atoms. The fourth-order valence-electron chi connectivity index (χ4n) is 2.41. The van der Waals surface area contributed by atoms with Gasteiger partial charge in [-0.15, -0.1) is 11.3 Å². The van der Waals surface area contributed by atoms with Crippen molar-refractivity contribution in [3.05, 3.63) is 58.0 Å². The van der Waals surface area contributed by atoms with Crippen molar-refractivity contribution in [2.45, 2.75) is 19.4 Å². The second-order valence-electron chi connectivity index (χ2n) is 5.45. The molecular formula is C18H18N2O4S. The molecule has 3 aromatic rings. The van der Waals surface area contributed by atoms with Crippen LogP contribution < -0.4 is 10.3 Å². The van der Waals surface area contributed by atoms with Gasteiger partial charge in [0.2, 0.25) is 0 Å². The van der Waals surface area contributed by atoms with Crippen LogP contribution in [0, 0.1) is 0 Å². The predicted molar refractivity (Wildman–Crippen MR) is 96.2 cm³/mol. The molecule has 0 saturated carbocycles. The molecule has 0 saturated heterocycles. The van der Waals surface area contributed by atoms with E-state index in [1.165, 1.54) is 22.2 Å². The fraction of sp³-hybridized carbons (Fsp3) is 0.278. The summed E-state index contributed by atoms with van der Waals surface area (Å²) in [4.78, 5) is 29.0. The number of aryl methyl sites for hydroxylation is 1. The monoisotopic (exact) mass is 358 g/mol. The molecule has 7 heteroatoms. The molecule has 2 aromatic heterocycles. The van der Waals surface area contributed by atoms with E-state index in [2.05, 4.69) is 4.98 Å². The van der Waals surface area contributed by atoms with E-state index >= 15 is 0 Å². The lowest BCUT2D eigenvalue weighted by Crippen LogP contribution is -2.22. The Morgan fingerprint density at radius 3 is 2.80 bits per heavy atom. The lowest BCUT2D eigenvalue weighted by molar-refractivity contribution is -0.143. The number of aromatic nitrogens is 2. The molecule has 0 amide bonds. The summed E-state index contributed by atoms with van der Waals surface area (Å²) in [6.45, 7) is 0.570. The number of methoxy groups -OCH3 is 1. The quantitative estimate of drug-likeness (QED) is 0.607. The number of hydrogen-bond acceptors (Lipinski definition) is 6. The maximum atomic E-state index is 12.2. The van der Waals surface area contributed by atoms with Crippen molar-refractivity contribution in [3.63, 3.8) is 0 Å². The van der Waals surface area contributed by atoms with Gasteiger partial charge in [0.15, 0.2) is 0 Å². The summed E-state index contributed by atoms with van der Waals surface area (Å²) >= 11 is 1.42. The summed E-state index contributed by atoms with van der Waals surface area (Å²) in [6, 6.07) is 9.37. The normalized spacial score (nSPS) is 10.8. The standard InChI is InChI=1S/C18H18N2O4S/c1-23-14-4-2-13(3-5-14)7-10-24-16(21)6-9-20-12-19-17-15(18(20)22)8-11-25-17/h2-5,8,11-12H,6-7,9-10H2,1H3. The first kappa shape index (κ1) is 17.2. The Morgan fingerprint density at radius 1 is 1.24 bits per heavy atom. The minimum atomic E-state index is -0.328. The second kappa shape index (κ2) is 7.94. The molecule has 1 aromatic carbocycles. The molecule has 0 fully saturated rings. The smallest absolute Gasteiger partial charge is 0.307 e. The average Bonchev–Trinajstić information content (AvgIpc) is 3.11. The SMILES string of the molecule is COc1ccc(CCOC(=O)CCn2cnc3sccc3c2=O)cc1. The molecule has 0 aliphatic carbocycles. The molecule has 0 aliphatic rings. The third-order valence-corrected chi connectivity index (χ3v) is 4.64. The van der Waals surface area contributed by atoms with E-state index in [4.69, 9.17) is 9.47 Å². The molecular weight excluding hydrogens is 340 g/mol. The van der Waals surface area contributed by atoms with E-state index in [1.807, 2.05) is 29.6 Å². The van der Waals surface area contributed by atoms with Gasteiger partial charge in [-0.05, 0) is 29.1 Å². The Bertz CT molecular complexity index is 915. The van der Waals surface area contributed by atoms with Gasteiger partial charge >= 0.3 is 5.97 Å². The first-order chi connectivity index (χ1) is 12.2. The van der Waals surface area contributed by atoms with E-state index < -0.39 is 0 Å². The van der Waals surface area contributed by atoms with Crippen molar-refractivity contribution in [1.82, 2.24) is 9.55 Å². The summed E-state index contributed by atoms with van der Waals surface area (Å²) in [5, 5.41) is 2.41. The Hall–Kier alpha value is -2.67. The molecule has 0 unspecified atom stereocenters. The van der Waals surface area contributed by atoms with Crippen molar-refractivity contribution < 1.29 is 14.3 Å². The van der Waals surface area contributed by atoms with Gasteiger partial charge in [0.1, 0.15) is 10.6 Å². The number of ether oxygens (including phenoxy) is 2. The van der Waals surface area contributed by atoms with Crippen molar-refractivity contribution in [2.24, 2.45) is 0 Å². The highest BCUT2D eigenvalue weighted by atomic mass is 32.1. The molecule has 0 spiro atoms. The summed E-state index contributed by atoms with van der Waals surface area (Å²) in [7, 11) is 1.62. The molecule has 3 rings (SSSR count). The Morgan fingerprint density at radius 2 is 2.04 bits per heavy atom. The highest BCUT2D eigenvalue weighted by Gasteiger charge is 2.08. The van der Waals surface area contributed by atoms with Crippen molar-refractivity contribution >= 4 is 27.5 Å². The highest BCUT2D eigenvalue weighted by molar-refractivity contribution is 7.16. The molecule has 25 heavy (non-hydrogen) atoms. The number of esters is 1. The Balaban J connectivity index is 1.47. The lowest BCUT2D eigenvalue weighted by Gasteiger charge is -2.07. The van der Waals surface area contributed by atoms with Crippen LogP contribution in [0.2, 0.25) is 0 Å². The minimum Gasteiger partial charge on any atom is -0.497 e. The van der Waals surface area contributed by atoms with Crippen LogP contribution in [0.25, 0.3) is 10.2 Å². The second-order valence-corrected chi connectivity index (χ2v) is 6.35. The molecule has 0 N–H and O–H groups in total. The van der Waals surface area contributed by atoms with Crippen molar-refractivity contribution in [1.29, 1.82) is 0 Å². The van der Waals surface area contributed by atoms with Crippen LogP contribution in [-0.4, -0.2) is 29.2 Å². The fourth-order valence-corrected chi connectivity index (χ4v) is 3.13. The van der Waals surface area contributed by atoms with E-state index in [1.54, 1.807) is 13.2 Å². The van der Waals surface area contributed by atoms with Gasteiger partial charge in [-0.3, -0.25) is 14.2 Å². The molecule has 0 aliphatic heterocycles. The van der Waals surface area contributed by atoms with Gasteiger partial charge in [0, 0.05) is 13.0 Å². The van der Waals surface area contributed by atoms with Crippen LogP contribution >= 0.6 is 11.3 Å². The van der Waals surface area contributed by atoms with Crippen molar-refractivity contribution in [3.8, 4) is 5.75 Å². The third-order valence-electron chi connectivity index (χ3n) is 3.82. The number of nitrogens with zero attached hydrogens (tertiary/aromatic N) is 2. The minimum absolute atomic E-state index is 0.128. The molecule has 0 radical (unpaired) electrons. The molecule has 6 nitrogen and oxygen atoms in total. The van der Waals surface area contributed by atoms with E-state index in [9.17, 15) is 9.59 Å². The van der Waals surface area contributed by atoms with Gasteiger partial charge in [-0.2, -0.15) is 0 Å². The average molecular weight is 358 g/mol. The third kappa shape index (κ3) is 4.24. The van der Waals surface area contributed by atoms with Crippen LogP contribution in [0.3, 0.4) is 0 Å². The maximum absolute atomic E-state index is 12.2. The number of carbonyl (C=O) groups is 1. The topological polar surface area (TPSA) is 70.4 Å². The largest absolute Gasteiger partial charge is 0.497 e. The van der Waals surface area contributed by atoms with Gasteiger partial charge in [0.25, 0.3) is 5.56 Å². The van der Waals surface area contributed by atoms with Crippen LogP contribution in [0.4, 0.5) is 0 Å². The Kier molecular flexibility index (Phi) is 5.45. The summed E-state index contributed by atoms with van der Waals surface area (Å²) in [6.07, 6.45) is 2.25. The number of hydrogen-bond donors (Lipinski definition) is 0. The van der Waals surface area contributed by atoms with Crippen LogP contribution in [-0.2, 0) is 22.5 Å². The lowest BCUT2D eigenvalue weighted by atomic mass is 10.1. The van der Waals surface area contributed by atoms with Crippen LogP contribution in [0.15, 0.2) is 46.8 Å². The van der Waals surface area contributed by atoms with E-state index in [0.717, 1.165) is 11.3 Å². The van der Waals surface area contributed by atoms with Crippen molar-refractivity contribution in [2.75, 3.05) is 13.7 Å². The number of thiophene rings is 1. The van der Waals surface area contributed by atoms with Crippen LogP contribution in [0.5, 0.6) is 5.75 Å². The predicted octanol–water partition coefficient (Wildman–Crippen LogP) is 2.64. The first-order valence-electron chi connectivity index (χ1n) is 7.88. The number of benzene rings is 1. The molecule has 0 atom stereocenters. The Labute approximate surface area is 148 Å².